The minimum Gasteiger partial charge on any atom is -0.479 e. The molecule has 8 heteroatoms. The third kappa shape index (κ3) is 4.20. The number of piperazine rings is 1. The number of carbonyl (C=O) groups is 2. The van der Waals surface area contributed by atoms with Gasteiger partial charge in [-0.25, -0.2) is 0 Å². The zero-order valence-corrected chi connectivity index (χ0v) is 17.6. The van der Waals surface area contributed by atoms with Gasteiger partial charge in [-0.1, -0.05) is 41.9 Å². The van der Waals surface area contributed by atoms with Crippen molar-refractivity contribution in [1.82, 2.24) is 10.2 Å². The van der Waals surface area contributed by atoms with Gasteiger partial charge in [0.15, 0.2) is 6.10 Å². The first-order valence-electron chi connectivity index (χ1n) is 9.38. The van der Waals surface area contributed by atoms with Gasteiger partial charge in [-0.2, -0.15) is 0 Å². The second kappa shape index (κ2) is 9.03. The lowest BCUT2D eigenvalue weighted by molar-refractivity contribution is -0.135. The van der Waals surface area contributed by atoms with Gasteiger partial charge in [0.05, 0.1) is 11.7 Å². The summed E-state index contributed by atoms with van der Waals surface area (Å²) < 4.78 is 5.66. The lowest BCUT2D eigenvalue weighted by Crippen LogP contribution is -2.54. The van der Waals surface area contributed by atoms with Crippen LogP contribution in [0.1, 0.15) is 18.5 Å². The van der Waals surface area contributed by atoms with Crippen LogP contribution >= 0.6 is 24.0 Å². The highest BCUT2D eigenvalue weighted by Crippen LogP contribution is 2.34. The van der Waals surface area contributed by atoms with E-state index >= 15 is 0 Å². The quantitative estimate of drug-likeness (QED) is 0.804. The number of halogens is 2. The number of fused-ring (bicyclic) bond motifs is 1. The summed E-state index contributed by atoms with van der Waals surface area (Å²) in [5.41, 5.74) is 1.54. The largest absolute Gasteiger partial charge is 0.479 e. The van der Waals surface area contributed by atoms with Gasteiger partial charge in [0.2, 0.25) is 5.91 Å². The average Bonchev–Trinajstić information content (AvgIpc) is 2.71. The Morgan fingerprint density at radius 3 is 2.72 bits per heavy atom. The van der Waals surface area contributed by atoms with Crippen LogP contribution in [0.5, 0.6) is 5.75 Å². The van der Waals surface area contributed by atoms with Crippen LogP contribution in [0.3, 0.4) is 0 Å². The van der Waals surface area contributed by atoms with Crippen LogP contribution in [0, 0.1) is 0 Å². The van der Waals surface area contributed by atoms with Gasteiger partial charge in [0.1, 0.15) is 12.3 Å². The molecule has 2 aliphatic heterocycles. The predicted octanol–water partition coefficient (Wildman–Crippen LogP) is 3.05. The Bertz CT molecular complexity index is 908. The van der Waals surface area contributed by atoms with Crippen molar-refractivity contribution in [3.8, 4) is 5.75 Å². The molecule has 1 fully saturated rings. The molecule has 0 aromatic heterocycles. The molecule has 2 amide bonds. The van der Waals surface area contributed by atoms with Gasteiger partial charge in [0, 0.05) is 24.7 Å². The molecule has 1 N–H and O–H groups in total. The van der Waals surface area contributed by atoms with Crippen LogP contribution in [-0.2, 0) is 9.59 Å². The predicted molar refractivity (Wildman–Crippen MR) is 115 cm³/mol. The minimum atomic E-state index is -0.620. The number of ether oxygens (including phenoxy) is 1. The molecule has 2 atom stereocenters. The summed E-state index contributed by atoms with van der Waals surface area (Å²) >= 11 is 6.38. The second-order valence-electron chi connectivity index (χ2n) is 6.98. The fourth-order valence-electron chi connectivity index (χ4n) is 3.77. The highest BCUT2D eigenvalue weighted by molar-refractivity contribution is 6.31. The summed E-state index contributed by atoms with van der Waals surface area (Å²) in [6.45, 7) is 3.57. The van der Waals surface area contributed by atoms with E-state index in [9.17, 15) is 9.59 Å². The van der Waals surface area contributed by atoms with E-state index in [-0.39, 0.29) is 36.8 Å². The molecule has 154 valence electrons. The second-order valence-corrected chi connectivity index (χ2v) is 7.39. The van der Waals surface area contributed by atoms with Crippen molar-refractivity contribution in [1.29, 1.82) is 0 Å². The van der Waals surface area contributed by atoms with Gasteiger partial charge in [-0.3, -0.25) is 14.5 Å². The van der Waals surface area contributed by atoms with Gasteiger partial charge in [-0.05, 0) is 30.7 Å². The minimum absolute atomic E-state index is 0. The van der Waals surface area contributed by atoms with Gasteiger partial charge in [-0.15, -0.1) is 12.4 Å². The molecule has 1 saturated heterocycles. The number of hydrogen-bond donors (Lipinski definition) is 1. The first kappa shape index (κ1) is 21.4. The molecule has 2 aromatic carbocycles. The van der Waals surface area contributed by atoms with E-state index in [2.05, 4.69) is 5.32 Å². The number of nitrogens with zero attached hydrogens (tertiary/aromatic N) is 2. The molecule has 4 rings (SSSR count). The Balaban J connectivity index is 0.00000240. The molecule has 2 heterocycles. The molecule has 0 aliphatic carbocycles. The Morgan fingerprint density at radius 1 is 1.21 bits per heavy atom. The van der Waals surface area contributed by atoms with Crippen LogP contribution in [0.4, 0.5) is 5.69 Å². The molecular formula is C21H23Cl2N3O3. The molecule has 2 aliphatic rings. The van der Waals surface area contributed by atoms with Crippen molar-refractivity contribution in [2.24, 2.45) is 0 Å². The maximum absolute atomic E-state index is 13.2. The van der Waals surface area contributed by atoms with Crippen molar-refractivity contribution in [2.45, 2.75) is 19.1 Å². The van der Waals surface area contributed by atoms with E-state index in [1.54, 1.807) is 13.0 Å². The Kier molecular flexibility index (Phi) is 6.67. The zero-order chi connectivity index (χ0) is 19.7. The number of rotatable bonds is 3. The number of para-hydroxylation sites is 2. The topological polar surface area (TPSA) is 61.9 Å². The summed E-state index contributed by atoms with van der Waals surface area (Å²) in [7, 11) is 0. The maximum atomic E-state index is 13.2. The molecule has 2 unspecified atom stereocenters. The highest BCUT2D eigenvalue weighted by Gasteiger charge is 2.36. The number of hydrogen-bond acceptors (Lipinski definition) is 4. The first-order valence-corrected chi connectivity index (χ1v) is 9.75. The molecule has 0 bridgehead atoms. The van der Waals surface area contributed by atoms with Crippen molar-refractivity contribution >= 4 is 41.5 Å². The maximum Gasteiger partial charge on any atom is 0.268 e. The molecule has 29 heavy (non-hydrogen) atoms. The van der Waals surface area contributed by atoms with Crippen LogP contribution in [0.2, 0.25) is 5.02 Å². The van der Waals surface area contributed by atoms with Gasteiger partial charge < -0.3 is 15.0 Å². The molecule has 2 aromatic rings. The SMILES string of the molecule is CC1Oc2ccccc2N(CC(=O)N2CCNCC2c2ccccc2Cl)C1=O.Cl. The average molecular weight is 436 g/mol. The molecule has 0 radical (unpaired) electrons. The fourth-order valence-corrected chi connectivity index (χ4v) is 4.04. The number of carbonyl (C=O) groups excluding carboxylic acids is 2. The zero-order valence-electron chi connectivity index (χ0n) is 16.0. The highest BCUT2D eigenvalue weighted by atomic mass is 35.5. The molecule has 6 nitrogen and oxygen atoms in total. The third-order valence-corrected chi connectivity index (χ3v) is 5.54. The third-order valence-electron chi connectivity index (χ3n) is 5.19. The van der Waals surface area contributed by atoms with Crippen molar-refractivity contribution in [3.63, 3.8) is 0 Å². The first-order chi connectivity index (χ1) is 13.6. The monoisotopic (exact) mass is 435 g/mol. The number of amides is 2. The number of anilines is 1. The van der Waals surface area contributed by atoms with E-state index in [1.807, 2.05) is 47.4 Å². The molecular weight excluding hydrogens is 413 g/mol. The van der Waals surface area contributed by atoms with E-state index < -0.39 is 6.10 Å². The molecule has 0 saturated carbocycles. The van der Waals surface area contributed by atoms with Crippen LogP contribution in [0.25, 0.3) is 0 Å². The normalized spacial score (nSPS) is 21.1. The molecule has 0 spiro atoms. The Labute approximate surface area is 181 Å². The van der Waals surface area contributed by atoms with Crippen molar-refractivity contribution < 1.29 is 14.3 Å². The van der Waals surface area contributed by atoms with Crippen LogP contribution < -0.4 is 15.0 Å². The Morgan fingerprint density at radius 2 is 1.93 bits per heavy atom. The number of benzene rings is 2. The van der Waals surface area contributed by atoms with Gasteiger partial charge >= 0.3 is 0 Å². The van der Waals surface area contributed by atoms with Crippen LogP contribution in [-0.4, -0.2) is 49.0 Å². The van der Waals surface area contributed by atoms with E-state index in [4.69, 9.17) is 16.3 Å². The number of nitrogens with one attached hydrogen (secondary N) is 1. The van der Waals surface area contributed by atoms with Crippen LogP contribution in [0.15, 0.2) is 48.5 Å². The lowest BCUT2D eigenvalue weighted by Gasteiger charge is -2.39. The standard InChI is InChI=1S/C21H22ClN3O3.ClH/c1-14-21(27)25(17-8-4-5-9-19(17)28-14)13-20(26)24-11-10-23-12-18(24)15-6-2-3-7-16(15)22;/h2-9,14,18,23H,10-13H2,1H3;1H. The van der Waals surface area contributed by atoms with Crippen molar-refractivity contribution in [2.75, 3.05) is 31.1 Å². The fraction of sp³-hybridized carbons (Fsp3) is 0.333. The van der Waals surface area contributed by atoms with E-state index in [0.717, 1.165) is 5.56 Å². The van der Waals surface area contributed by atoms with Crippen molar-refractivity contribution in [3.05, 3.63) is 59.1 Å². The summed E-state index contributed by atoms with van der Waals surface area (Å²) in [6.07, 6.45) is -0.620. The Hall–Kier alpha value is -2.28. The van der Waals surface area contributed by atoms with E-state index in [1.165, 1.54) is 4.90 Å². The lowest BCUT2D eigenvalue weighted by atomic mass is 10.0. The summed E-state index contributed by atoms with van der Waals surface area (Å²) in [4.78, 5) is 29.3. The smallest absolute Gasteiger partial charge is 0.268 e. The summed E-state index contributed by atoms with van der Waals surface area (Å²) in [6, 6.07) is 14.7. The summed E-state index contributed by atoms with van der Waals surface area (Å²) in [5, 5.41) is 3.96. The van der Waals surface area contributed by atoms with Gasteiger partial charge in [0.25, 0.3) is 5.91 Å². The van der Waals surface area contributed by atoms with E-state index in [0.29, 0.717) is 36.1 Å². The summed E-state index contributed by atoms with van der Waals surface area (Å²) in [5.74, 6) is 0.297.